The molecule has 1 aromatic carbocycles. The summed E-state index contributed by atoms with van der Waals surface area (Å²) in [5, 5.41) is 0. The highest BCUT2D eigenvalue weighted by molar-refractivity contribution is 5.95. The minimum Gasteiger partial charge on any atom is -0.497 e. The molecule has 1 aromatic rings. The van der Waals surface area contributed by atoms with Gasteiger partial charge in [-0.05, 0) is 12.1 Å². The molecule has 5 nitrogen and oxygen atoms in total. The molecule has 1 aliphatic heterocycles. The SMILES string of the molecule is COCC1CN(C(=O)c2cc(OC)cc(OC)c2)CCC1(F)F. The Kier molecular flexibility index (Phi) is 5.41. The van der Waals surface area contributed by atoms with Gasteiger partial charge < -0.3 is 19.1 Å². The highest BCUT2D eigenvalue weighted by Gasteiger charge is 2.45. The number of ether oxygens (including phenoxy) is 3. The van der Waals surface area contributed by atoms with E-state index in [0.29, 0.717) is 17.1 Å². The number of halogens is 2. The summed E-state index contributed by atoms with van der Waals surface area (Å²) in [6.45, 7) is -0.122. The number of rotatable bonds is 5. The average molecular weight is 329 g/mol. The Morgan fingerprint density at radius 3 is 2.35 bits per heavy atom. The minimum absolute atomic E-state index is 0.00553. The van der Waals surface area contributed by atoms with Gasteiger partial charge >= 0.3 is 0 Å². The Morgan fingerprint density at radius 2 is 1.83 bits per heavy atom. The van der Waals surface area contributed by atoms with E-state index >= 15 is 0 Å². The molecular formula is C16H21F2NO4. The summed E-state index contributed by atoms with van der Waals surface area (Å²) in [4.78, 5) is 14.1. The van der Waals surface area contributed by atoms with Gasteiger partial charge in [0.05, 0.1) is 26.7 Å². The van der Waals surface area contributed by atoms with Gasteiger partial charge in [0.25, 0.3) is 11.8 Å². The lowest BCUT2D eigenvalue weighted by Crippen LogP contribution is -2.50. The molecule has 1 unspecified atom stereocenters. The van der Waals surface area contributed by atoms with Gasteiger partial charge in [-0.3, -0.25) is 4.79 Å². The maximum absolute atomic E-state index is 13.9. The second-order valence-electron chi connectivity index (χ2n) is 5.52. The van der Waals surface area contributed by atoms with Crippen molar-refractivity contribution in [1.82, 2.24) is 4.90 Å². The van der Waals surface area contributed by atoms with Crippen molar-refractivity contribution in [3.8, 4) is 11.5 Å². The van der Waals surface area contributed by atoms with E-state index in [1.807, 2.05) is 0 Å². The molecule has 1 amide bonds. The van der Waals surface area contributed by atoms with Gasteiger partial charge in [0.2, 0.25) is 0 Å². The van der Waals surface area contributed by atoms with Crippen LogP contribution in [0.5, 0.6) is 11.5 Å². The summed E-state index contributed by atoms with van der Waals surface area (Å²) < 4.78 is 42.9. The van der Waals surface area contributed by atoms with Crippen LogP contribution in [0.25, 0.3) is 0 Å². The number of hydrogen-bond donors (Lipinski definition) is 0. The number of benzene rings is 1. The lowest BCUT2D eigenvalue weighted by Gasteiger charge is -2.38. The van der Waals surface area contributed by atoms with Crippen LogP contribution < -0.4 is 9.47 Å². The molecule has 128 valence electrons. The molecule has 1 atom stereocenters. The van der Waals surface area contributed by atoms with Crippen molar-refractivity contribution >= 4 is 5.91 Å². The first kappa shape index (κ1) is 17.5. The van der Waals surface area contributed by atoms with E-state index < -0.39 is 11.8 Å². The van der Waals surface area contributed by atoms with Crippen molar-refractivity contribution in [2.24, 2.45) is 5.92 Å². The van der Waals surface area contributed by atoms with Crippen LogP contribution in [-0.2, 0) is 4.74 Å². The number of carbonyl (C=O) groups is 1. The molecule has 0 saturated carbocycles. The first-order valence-electron chi connectivity index (χ1n) is 7.30. The van der Waals surface area contributed by atoms with Gasteiger partial charge in [-0.25, -0.2) is 8.78 Å². The smallest absolute Gasteiger partial charge is 0.256 e. The normalized spacial score (nSPS) is 20.2. The quantitative estimate of drug-likeness (QED) is 0.832. The number of likely N-dealkylation sites (tertiary alicyclic amines) is 1. The molecule has 1 fully saturated rings. The highest BCUT2D eigenvalue weighted by Crippen LogP contribution is 2.34. The fraction of sp³-hybridized carbons (Fsp3) is 0.562. The largest absolute Gasteiger partial charge is 0.497 e. The molecule has 0 spiro atoms. The lowest BCUT2D eigenvalue weighted by molar-refractivity contribution is -0.118. The van der Waals surface area contributed by atoms with Gasteiger partial charge in [0, 0.05) is 38.2 Å². The van der Waals surface area contributed by atoms with Gasteiger partial charge in [-0.1, -0.05) is 0 Å². The second-order valence-corrected chi connectivity index (χ2v) is 5.52. The Morgan fingerprint density at radius 1 is 1.22 bits per heavy atom. The van der Waals surface area contributed by atoms with E-state index in [4.69, 9.17) is 14.2 Å². The molecule has 1 saturated heterocycles. The fourth-order valence-corrected chi connectivity index (χ4v) is 2.65. The molecule has 0 N–H and O–H groups in total. The first-order chi connectivity index (χ1) is 10.9. The van der Waals surface area contributed by atoms with Crippen LogP contribution in [0.1, 0.15) is 16.8 Å². The van der Waals surface area contributed by atoms with E-state index in [0.717, 1.165) is 0 Å². The fourth-order valence-electron chi connectivity index (χ4n) is 2.65. The predicted molar refractivity (Wildman–Crippen MR) is 80.4 cm³/mol. The number of amides is 1. The molecule has 1 heterocycles. The summed E-state index contributed by atoms with van der Waals surface area (Å²) in [5.41, 5.74) is 0.350. The van der Waals surface area contributed by atoms with Crippen LogP contribution in [0.15, 0.2) is 18.2 Å². The van der Waals surface area contributed by atoms with Crippen molar-refractivity contribution in [2.45, 2.75) is 12.3 Å². The zero-order valence-corrected chi connectivity index (χ0v) is 13.5. The summed E-state index contributed by atoms with van der Waals surface area (Å²) >= 11 is 0. The zero-order chi connectivity index (χ0) is 17.0. The molecule has 0 bridgehead atoms. The van der Waals surface area contributed by atoms with Crippen molar-refractivity contribution < 1.29 is 27.8 Å². The van der Waals surface area contributed by atoms with Crippen LogP contribution in [0.3, 0.4) is 0 Å². The minimum atomic E-state index is -2.82. The Hall–Kier alpha value is -1.89. The second kappa shape index (κ2) is 7.12. The maximum Gasteiger partial charge on any atom is 0.256 e. The Bertz CT molecular complexity index is 543. The first-order valence-corrected chi connectivity index (χ1v) is 7.30. The van der Waals surface area contributed by atoms with Gasteiger partial charge in [0.1, 0.15) is 11.5 Å². The van der Waals surface area contributed by atoms with E-state index in [9.17, 15) is 13.6 Å². The number of methoxy groups -OCH3 is 3. The van der Waals surface area contributed by atoms with E-state index in [1.165, 1.54) is 26.2 Å². The Balaban J connectivity index is 2.20. The maximum atomic E-state index is 13.9. The number of piperidine rings is 1. The van der Waals surface area contributed by atoms with Crippen molar-refractivity contribution in [3.05, 3.63) is 23.8 Å². The number of alkyl halides is 2. The third kappa shape index (κ3) is 3.90. The zero-order valence-electron chi connectivity index (χ0n) is 13.5. The summed E-state index contributed by atoms with van der Waals surface area (Å²) in [6, 6.07) is 4.79. The van der Waals surface area contributed by atoms with Gasteiger partial charge in [-0.15, -0.1) is 0 Å². The molecule has 0 aromatic heterocycles. The molecule has 1 aliphatic rings. The average Bonchev–Trinajstić information content (AvgIpc) is 2.55. The molecule has 7 heteroatoms. The number of carbonyl (C=O) groups excluding carboxylic acids is 1. The molecular weight excluding hydrogens is 308 g/mol. The van der Waals surface area contributed by atoms with Crippen molar-refractivity contribution in [1.29, 1.82) is 0 Å². The van der Waals surface area contributed by atoms with Crippen molar-refractivity contribution in [2.75, 3.05) is 41.0 Å². The third-order valence-corrected chi connectivity index (χ3v) is 4.01. The van der Waals surface area contributed by atoms with E-state index in [2.05, 4.69) is 0 Å². The molecule has 23 heavy (non-hydrogen) atoms. The summed E-state index contributed by atoms with van der Waals surface area (Å²) in [6.07, 6.45) is -0.367. The lowest BCUT2D eigenvalue weighted by atomic mass is 9.93. The number of nitrogens with zero attached hydrogens (tertiary/aromatic N) is 1. The molecule has 0 radical (unpaired) electrons. The van der Waals surface area contributed by atoms with Crippen LogP contribution >= 0.6 is 0 Å². The van der Waals surface area contributed by atoms with E-state index in [1.54, 1.807) is 18.2 Å². The third-order valence-electron chi connectivity index (χ3n) is 4.01. The summed E-state index contributed by atoms with van der Waals surface area (Å²) in [7, 11) is 4.35. The van der Waals surface area contributed by atoms with Crippen LogP contribution in [-0.4, -0.2) is 57.8 Å². The number of hydrogen-bond acceptors (Lipinski definition) is 4. The van der Waals surface area contributed by atoms with Crippen LogP contribution in [0.2, 0.25) is 0 Å². The topological polar surface area (TPSA) is 48.0 Å². The molecule has 0 aliphatic carbocycles. The van der Waals surface area contributed by atoms with Crippen molar-refractivity contribution in [3.63, 3.8) is 0 Å². The summed E-state index contributed by atoms with van der Waals surface area (Å²) in [5.74, 6) is -3.19. The monoisotopic (exact) mass is 329 g/mol. The molecule has 2 rings (SSSR count). The van der Waals surface area contributed by atoms with Gasteiger partial charge in [-0.2, -0.15) is 0 Å². The standard InChI is InChI=1S/C16H21F2NO4/c1-21-10-12-9-19(5-4-16(12,17)18)15(20)11-6-13(22-2)8-14(7-11)23-3/h6-8,12H,4-5,9-10H2,1-3H3. The van der Waals surface area contributed by atoms with E-state index in [-0.39, 0.29) is 32.0 Å². The van der Waals surface area contributed by atoms with Crippen LogP contribution in [0, 0.1) is 5.92 Å². The Labute approximate surface area is 134 Å². The highest BCUT2D eigenvalue weighted by atomic mass is 19.3. The van der Waals surface area contributed by atoms with Gasteiger partial charge in [0.15, 0.2) is 0 Å². The van der Waals surface area contributed by atoms with Crippen LogP contribution in [0.4, 0.5) is 8.78 Å². The predicted octanol–water partition coefficient (Wildman–Crippen LogP) is 2.45.